The molecule has 0 bridgehead atoms. The molecule has 0 saturated heterocycles. The summed E-state index contributed by atoms with van der Waals surface area (Å²) in [6.45, 7) is 4.17. The van der Waals surface area contributed by atoms with Crippen molar-refractivity contribution in [3.8, 4) is 0 Å². The maximum absolute atomic E-state index is 11.8. The van der Waals surface area contributed by atoms with Gasteiger partial charge in [0.2, 0.25) is 0 Å². The van der Waals surface area contributed by atoms with Crippen LogP contribution in [0.25, 0.3) is 16.0 Å². The smallest absolute Gasteiger partial charge is 0.373 e. The van der Waals surface area contributed by atoms with E-state index >= 15 is 0 Å². The molecule has 3 aromatic carbocycles. The van der Waals surface area contributed by atoms with Crippen molar-refractivity contribution in [2.45, 2.75) is 20.0 Å². The van der Waals surface area contributed by atoms with Crippen molar-refractivity contribution in [3.63, 3.8) is 0 Å². The molecule has 0 fully saturated rings. The Bertz CT molecular complexity index is 653. The molecule has 0 radical (unpaired) electrons. The SMILES string of the molecule is C[c-]1cccc1.C[c-]1cccc1.FC(F)(F)c1[c-]cccc1.[N-]=[N+]=[N-].[Ti+4]. The summed E-state index contributed by atoms with van der Waals surface area (Å²) in [5.41, 5.74) is 15.5. The molecule has 3 rings (SSSR count). The summed E-state index contributed by atoms with van der Waals surface area (Å²) in [6, 6.07) is 23.6. The molecular weight excluding hydrogens is 375 g/mol. The largest absolute Gasteiger partial charge is 4.00 e. The summed E-state index contributed by atoms with van der Waals surface area (Å²) in [6.07, 6.45) is -4.26. The van der Waals surface area contributed by atoms with Crippen LogP contribution in [0.3, 0.4) is 0 Å². The summed E-state index contributed by atoms with van der Waals surface area (Å²) in [7, 11) is 0. The first-order chi connectivity index (χ1) is 11.8. The Labute approximate surface area is 166 Å². The molecule has 134 valence electrons. The summed E-state index contributed by atoms with van der Waals surface area (Å²) >= 11 is 0. The molecule has 0 saturated carbocycles. The van der Waals surface area contributed by atoms with Gasteiger partial charge in [-0.3, -0.25) is 4.91 Å². The third-order valence-electron chi connectivity index (χ3n) is 2.67. The van der Waals surface area contributed by atoms with E-state index in [2.05, 4.69) is 44.2 Å². The van der Waals surface area contributed by atoms with Crippen LogP contribution in [-0.2, 0) is 27.9 Å². The number of alkyl halides is 3. The molecule has 0 unspecified atom stereocenters. The normalized spacial score (nSPS) is 8.81. The van der Waals surface area contributed by atoms with Gasteiger partial charge in [0.25, 0.3) is 0 Å². The number of hydrogen-bond donors (Lipinski definition) is 0. The number of hydrogen-bond acceptors (Lipinski definition) is 0. The van der Waals surface area contributed by atoms with Crippen molar-refractivity contribution in [2.24, 2.45) is 0 Å². The molecule has 0 atom stereocenters. The molecule has 26 heavy (non-hydrogen) atoms. The minimum atomic E-state index is -4.26. The maximum atomic E-state index is 11.8. The minimum Gasteiger partial charge on any atom is -0.373 e. The van der Waals surface area contributed by atoms with Crippen LogP contribution in [0.15, 0.2) is 72.8 Å². The summed E-state index contributed by atoms with van der Waals surface area (Å²) in [5.74, 6) is 0. The predicted octanol–water partition coefficient (Wildman–Crippen LogP) is 6.80. The van der Waals surface area contributed by atoms with Crippen LogP contribution >= 0.6 is 0 Å². The number of benzene rings is 1. The van der Waals surface area contributed by atoms with Crippen LogP contribution in [0.5, 0.6) is 0 Å². The fraction of sp³-hybridized carbons (Fsp3) is 0.158. The van der Waals surface area contributed by atoms with Crippen molar-refractivity contribution in [3.05, 3.63) is 112 Å². The molecule has 0 N–H and O–H groups in total. The molecule has 3 nitrogen and oxygen atoms in total. The Kier molecular flexibility index (Phi) is 15.0. The van der Waals surface area contributed by atoms with Crippen LogP contribution in [0, 0.1) is 19.9 Å². The third-order valence-corrected chi connectivity index (χ3v) is 2.67. The maximum Gasteiger partial charge on any atom is 4.00 e. The Hall–Kier alpha value is -2.27. The van der Waals surface area contributed by atoms with Crippen molar-refractivity contribution >= 4 is 0 Å². The van der Waals surface area contributed by atoms with Gasteiger partial charge in [-0.15, -0.1) is 0 Å². The Morgan fingerprint density at radius 3 is 1.38 bits per heavy atom. The van der Waals surface area contributed by atoms with Crippen molar-refractivity contribution in [1.82, 2.24) is 0 Å². The van der Waals surface area contributed by atoms with Gasteiger partial charge in [0.05, 0.1) is 0 Å². The monoisotopic (exact) mass is 393 g/mol. The Morgan fingerprint density at radius 1 is 0.846 bits per heavy atom. The minimum absolute atomic E-state index is 0. The number of aryl methyl sites for hydroxylation is 2. The summed E-state index contributed by atoms with van der Waals surface area (Å²) in [4.78, 5) is 1.50. The van der Waals surface area contributed by atoms with Crippen molar-refractivity contribution in [1.29, 1.82) is 0 Å². The molecule has 0 aliphatic carbocycles. The molecule has 0 aromatic heterocycles. The zero-order valence-electron chi connectivity index (χ0n) is 14.4. The fourth-order valence-electron chi connectivity index (χ4n) is 1.51. The van der Waals surface area contributed by atoms with Crippen LogP contribution < -0.4 is 0 Å². The van der Waals surface area contributed by atoms with Crippen molar-refractivity contribution in [2.75, 3.05) is 0 Å². The van der Waals surface area contributed by atoms with E-state index < -0.39 is 11.7 Å². The second kappa shape index (κ2) is 15.0. The van der Waals surface area contributed by atoms with Gasteiger partial charge < -0.3 is 11.1 Å². The Morgan fingerprint density at radius 2 is 1.23 bits per heavy atom. The predicted molar refractivity (Wildman–Crippen MR) is 93.9 cm³/mol. The third kappa shape index (κ3) is 14.1. The first-order valence-electron chi connectivity index (χ1n) is 7.20. The number of rotatable bonds is 0. The first-order valence-corrected chi connectivity index (χ1v) is 7.20. The Balaban J connectivity index is 0. The summed E-state index contributed by atoms with van der Waals surface area (Å²) < 4.78 is 35.3. The molecule has 3 aromatic rings. The van der Waals surface area contributed by atoms with E-state index in [0.29, 0.717) is 0 Å². The van der Waals surface area contributed by atoms with Gasteiger partial charge in [-0.05, 0) is 0 Å². The van der Waals surface area contributed by atoms with Gasteiger partial charge in [0.1, 0.15) is 0 Å². The van der Waals surface area contributed by atoms with E-state index in [0.717, 1.165) is 6.07 Å². The van der Waals surface area contributed by atoms with E-state index in [4.69, 9.17) is 11.1 Å². The van der Waals surface area contributed by atoms with E-state index in [1.54, 1.807) is 0 Å². The second-order valence-electron chi connectivity index (χ2n) is 4.79. The molecule has 0 amide bonds. The van der Waals surface area contributed by atoms with Gasteiger partial charge in [-0.1, -0.05) is 19.4 Å². The van der Waals surface area contributed by atoms with Gasteiger partial charge in [-0.2, -0.15) is 78.9 Å². The average molecular weight is 393 g/mol. The quantitative estimate of drug-likeness (QED) is 0.133. The van der Waals surface area contributed by atoms with Crippen LogP contribution in [0.1, 0.15) is 16.7 Å². The number of halogens is 3. The van der Waals surface area contributed by atoms with Crippen LogP contribution in [0.2, 0.25) is 0 Å². The topological polar surface area (TPSA) is 58.7 Å². The number of nitrogens with zero attached hydrogens (tertiary/aromatic N) is 3. The fourth-order valence-corrected chi connectivity index (χ4v) is 1.51. The van der Waals surface area contributed by atoms with Crippen LogP contribution in [-0.4, -0.2) is 0 Å². The molecular formula is C19H18F3N3Ti. The van der Waals surface area contributed by atoms with E-state index in [1.165, 1.54) is 34.2 Å². The molecule has 0 aliphatic heterocycles. The van der Waals surface area contributed by atoms with Gasteiger partial charge in [0.15, 0.2) is 0 Å². The zero-order valence-corrected chi connectivity index (χ0v) is 16.0. The van der Waals surface area contributed by atoms with Gasteiger partial charge in [0, 0.05) is 0 Å². The molecule has 0 heterocycles. The summed E-state index contributed by atoms with van der Waals surface area (Å²) in [5, 5.41) is 0. The van der Waals surface area contributed by atoms with Crippen LogP contribution in [0.4, 0.5) is 13.2 Å². The zero-order chi connectivity index (χ0) is 19.1. The van der Waals surface area contributed by atoms with E-state index in [9.17, 15) is 13.2 Å². The standard InChI is InChI=1S/C7H4F3.2C6H7.N3.Ti/c8-7(9,10)6-4-2-1-3-5-6;2*1-6-4-2-3-5-6;1-3-2;/h1-4H;2*2-5H,1H3;;/q4*-1;+4. The molecule has 0 aliphatic rings. The van der Waals surface area contributed by atoms with E-state index in [-0.39, 0.29) is 21.7 Å². The molecule has 0 spiro atoms. The second-order valence-corrected chi connectivity index (χ2v) is 4.79. The van der Waals surface area contributed by atoms with Gasteiger partial charge in [-0.25, -0.2) is 24.3 Å². The van der Waals surface area contributed by atoms with Crippen molar-refractivity contribution < 1.29 is 34.9 Å². The molecule has 7 heteroatoms. The first kappa shape index (κ1) is 26.0. The average Bonchev–Trinajstić information content (AvgIpc) is 3.23. The van der Waals surface area contributed by atoms with Gasteiger partial charge >= 0.3 is 27.9 Å². The van der Waals surface area contributed by atoms with E-state index in [1.807, 2.05) is 24.3 Å².